The predicted octanol–water partition coefficient (Wildman–Crippen LogP) is 10.3. The van der Waals surface area contributed by atoms with Crippen molar-refractivity contribution in [3.63, 3.8) is 0 Å². The van der Waals surface area contributed by atoms with E-state index in [1.807, 2.05) is 66.7 Å². The lowest BCUT2D eigenvalue weighted by Crippen LogP contribution is -2.01. The van der Waals surface area contributed by atoms with E-state index in [9.17, 15) is 10.5 Å². The average Bonchev–Trinajstić information content (AvgIpc) is 3.72. The van der Waals surface area contributed by atoms with Crippen LogP contribution < -0.4 is 0 Å². The number of hydrogen-bond acceptors (Lipinski definition) is 4. The Kier molecular flexibility index (Phi) is 5.56. The van der Waals surface area contributed by atoms with Gasteiger partial charge >= 0.3 is 0 Å². The van der Waals surface area contributed by atoms with Gasteiger partial charge < -0.3 is 13.4 Å². The van der Waals surface area contributed by atoms with Gasteiger partial charge in [0.25, 0.3) is 0 Å². The SMILES string of the molecule is C=C/C=C\c1c(C)c2ccccc2n1-c1cccc(C#N)c1-c1ccc2oc3c(ccc4c5cc(C#N)ccc5oc43)c2c1. The van der Waals surface area contributed by atoms with Crippen molar-refractivity contribution in [2.75, 3.05) is 0 Å². The van der Waals surface area contributed by atoms with Crippen LogP contribution in [0.3, 0.4) is 0 Å². The van der Waals surface area contributed by atoms with Crippen molar-refractivity contribution in [3.05, 3.63) is 132 Å². The molecule has 0 bridgehead atoms. The first-order chi connectivity index (χ1) is 21.6. The molecule has 0 fully saturated rings. The molecule has 0 aliphatic heterocycles. The van der Waals surface area contributed by atoms with Crippen LogP contribution in [-0.2, 0) is 0 Å². The van der Waals surface area contributed by atoms with E-state index in [0.717, 1.165) is 66.1 Å². The van der Waals surface area contributed by atoms with E-state index in [2.05, 4.69) is 60.5 Å². The number of allylic oxidation sites excluding steroid dienone is 2. The fourth-order valence-corrected chi connectivity index (χ4v) is 6.46. The zero-order valence-corrected chi connectivity index (χ0v) is 23.8. The number of furan rings is 2. The summed E-state index contributed by atoms with van der Waals surface area (Å²) in [6, 6.07) is 34.4. The Morgan fingerprint density at radius 3 is 2.18 bits per heavy atom. The number of nitriles is 2. The number of rotatable bonds is 4. The summed E-state index contributed by atoms with van der Waals surface area (Å²) < 4.78 is 14.9. The first-order valence-electron chi connectivity index (χ1n) is 14.3. The molecule has 8 rings (SSSR count). The minimum absolute atomic E-state index is 0.579. The summed E-state index contributed by atoms with van der Waals surface area (Å²) in [7, 11) is 0. The number of fused-ring (bicyclic) bond motifs is 8. The number of aromatic nitrogens is 1. The molecular formula is C39H23N3O2. The molecule has 0 saturated heterocycles. The van der Waals surface area contributed by atoms with Crippen molar-refractivity contribution in [3.8, 4) is 29.0 Å². The Morgan fingerprint density at radius 2 is 1.45 bits per heavy atom. The van der Waals surface area contributed by atoms with Gasteiger partial charge in [-0.15, -0.1) is 0 Å². The summed E-state index contributed by atoms with van der Waals surface area (Å²) in [6.45, 7) is 6.00. The molecule has 0 spiro atoms. The van der Waals surface area contributed by atoms with Crippen LogP contribution in [-0.4, -0.2) is 4.57 Å². The summed E-state index contributed by atoms with van der Waals surface area (Å²) in [5, 5.41) is 24.5. The third-order valence-corrected chi connectivity index (χ3v) is 8.46. The van der Waals surface area contributed by atoms with Gasteiger partial charge in [-0.1, -0.05) is 49.1 Å². The molecule has 5 heteroatoms. The van der Waals surface area contributed by atoms with E-state index >= 15 is 0 Å². The highest BCUT2D eigenvalue weighted by Crippen LogP contribution is 2.42. The Morgan fingerprint density at radius 1 is 0.727 bits per heavy atom. The topological polar surface area (TPSA) is 78.8 Å². The molecule has 3 aromatic heterocycles. The van der Waals surface area contributed by atoms with Gasteiger partial charge in [-0.3, -0.25) is 0 Å². The normalized spacial score (nSPS) is 11.7. The van der Waals surface area contributed by atoms with E-state index in [0.29, 0.717) is 27.9 Å². The van der Waals surface area contributed by atoms with Gasteiger partial charge in [-0.05, 0) is 84.8 Å². The molecular weight excluding hydrogens is 542 g/mol. The van der Waals surface area contributed by atoms with Gasteiger partial charge in [0.2, 0.25) is 0 Å². The van der Waals surface area contributed by atoms with E-state index in [-0.39, 0.29) is 0 Å². The molecule has 5 aromatic carbocycles. The highest BCUT2D eigenvalue weighted by atomic mass is 16.4. The Hall–Kier alpha value is -6.30. The lowest BCUT2D eigenvalue weighted by Gasteiger charge is -2.16. The van der Waals surface area contributed by atoms with Crippen LogP contribution in [0.5, 0.6) is 0 Å². The van der Waals surface area contributed by atoms with Crippen LogP contribution in [0.15, 0.2) is 119 Å². The molecule has 0 aliphatic carbocycles. The zero-order valence-electron chi connectivity index (χ0n) is 23.8. The molecule has 0 unspecified atom stereocenters. The quantitative estimate of drug-likeness (QED) is 0.199. The zero-order chi connectivity index (χ0) is 29.9. The maximum Gasteiger partial charge on any atom is 0.178 e. The van der Waals surface area contributed by atoms with Crippen molar-refractivity contribution in [1.29, 1.82) is 10.5 Å². The molecule has 0 N–H and O–H groups in total. The molecule has 3 heterocycles. The van der Waals surface area contributed by atoms with Crippen molar-refractivity contribution < 1.29 is 8.83 Å². The predicted molar refractivity (Wildman–Crippen MR) is 177 cm³/mol. The summed E-state index contributed by atoms with van der Waals surface area (Å²) >= 11 is 0. The third-order valence-electron chi connectivity index (χ3n) is 8.46. The molecule has 0 saturated carbocycles. The Bertz CT molecular complexity index is 2610. The fourth-order valence-electron chi connectivity index (χ4n) is 6.46. The first-order valence-corrected chi connectivity index (χ1v) is 14.3. The minimum Gasteiger partial charge on any atom is -0.452 e. The number of benzene rings is 5. The van der Waals surface area contributed by atoms with Crippen LogP contribution in [0.2, 0.25) is 0 Å². The van der Waals surface area contributed by atoms with Crippen molar-refractivity contribution >= 4 is 60.9 Å². The number of para-hydroxylation sites is 1. The summed E-state index contributed by atoms with van der Waals surface area (Å²) in [6.07, 6.45) is 5.78. The molecule has 5 nitrogen and oxygen atoms in total. The lowest BCUT2D eigenvalue weighted by molar-refractivity contribution is 0.633. The van der Waals surface area contributed by atoms with Gasteiger partial charge in [0.15, 0.2) is 11.2 Å². The first kappa shape index (κ1) is 25.4. The molecule has 0 radical (unpaired) electrons. The second kappa shape index (κ2) is 9.63. The average molecular weight is 566 g/mol. The smallest absolute Gasteiger partial charge is 0.178 e. The van der Waals surface area contributed by atoms with E-state index in [1.54, 1.807) is 12.1 Å². The van der Waals surface area contributed by atoms with Crippen molar-refractivity contribution in [2.24, 2.45) is 0 Å². The molecule has 44 heavy (non-hydrogen) atoms. The number of hydrogen-bond donors (Lipinski definition) is 0. The molecule has 0 amide bonds. The second-order valence-electron chi connectivity index (χ2n) is 10.8. The van der Waals surface area contributed by atoms with Gasteiger partial charge in [-0.25, -0.2) is 0 Å². The molecule has 0 atom stereocenters. The van der Waals surface area contributed by atoms with Gasteiger partial charge in [0.05, 0.1) is 34.5 Å². The van der Waals surface area contributed by atoms with Gasteiger partial charge in [0.1, 0.15) is 11.2 Å². The third kappa shape index (κ3) is 3.57. The molecule has 8 aromatic rings. The van der Waals surface area contributed by atoms with Gasteiger partial charge in [-0.2, -0.15) is 10.5 Å². The van der Waals surface area contributed by atoms with Crippen molar-refractivity contribution in [2.45, 2.75) is 6.92 Å². The number of nitrogens with zero attached hydrogens (tertiary/aromatic N) is 3. The maximum absolute atomic E-state index is 10.3. The van der Waals surface area contributed by atoms with E-state index < -0.39 is 0 Å². The van der Waals surface area contributed by atoms with Crippen LogP contribution in [0, 0.1) is 29.6 Å². The summed E-state index contributed by atoms with van der Waals surface area (Å²) in [5.74, 6) is 0. The Labute approximate surface area is 252 Å². The highest BCUT2D eigenvalue weighted by Gasteiger charge is 2.21. The van der Waals surface area contributed by atoms with Crippen LogP contribution >= 0.6 is 0 Å². The Balaban J connectivity index is 1.40. The van der Waals surface area contributed by atoms with E-state index in [4.69, 9.17) is 8.83 Å². The second-order valence-corrected chi connectivity index (χ2v) is 10.8. The monoisotopic (exact) mass is 565 g/mol. The van der Waals surface area contributed by atoms with Crippen LogP contribution in [0.4, 0.5) is 0 Å². The summed E-state index contributed by atoms with van der Waals surface area (Å²) in [4.78, 5) is 0. The van der Waals surface area contributed by atoms with Crippen LogP contribution in [0.1, 0.15) is 22.4 Å². The lowest BCUT2D eigenvalue weighted by atomic mass is 9.96. The summed E-state index contributed by atoms with van der Waals surface area (Å²) in [5.41, 5.74) is 9.80. The van der Waals surface area contributed by atoms with Gasteiger partial charge in [0, 0.05) is 38.2 Å². The van der Waals surface area contributed by atoms with Crippen molar-refractivity contribution in [1.82, 2.24) is 4.57 Å². The van der Waals surface area contributed by atoms with E-state index in [1.165, 1.54) is 0 Å². The fraction of sp³-hybridized carbons (Fsp3) is 0.0256. The number of aryl methyl sites for hydroxylation is 1. The largest absolute Gasteiger partial charge is 0.452 e. The molecule has 206 valence electrons. The standard InChI is InChI=1S/C39H23N3O2/c1-3-4-10-32-23(2)27-9-5-6-11-33(27)42(32)34-12-7-8-26(22-41)37(34)25-14-18-36-31(20-25)29-16-15-28-30-19-24(21-40)13-17-35(30)43-38(28)39(29)44-36/h3-20H,1H2,2H3/b10-4-. The van der Waals surface area contributed by atoms with Crippen LogP contribution in [0.25, 0.3) is 77.7 Å². The highest BCUT2D eigenvalue weighted by molar-refractivity contribution is 6.19. The molecule has 0 aliphatic rings. The maximum atomic E-state index is 10.3. The minimum atomic E-state index is 0.579.